The summed E-state index contributed by atoms with van der Waals surface area (Å²) in [6.45, 7) is 1.72. The molecule has 1 unspecified atom stereocenters. The van der Waals surface area contributed by atoms with Crippen molar-refractivity contribution in [3.63, 3.8) is 0 Å². The molecule has 1 amide bonds. The van der Waals surface area contributed by atoms with Crippen molar-refractivity contribution in [1.29, 1.82) is 0 Å². The minimum atomic E-state index is -2.55. The number of amides is 1. The Bertz CT molecular complexity index is 636. The lowest BCUT2D eigenvalue weighted by atomic mass is 9.86. The number of halogens is 2. The molecular weight excluding hydrogens is 342 g/mol. The average molecular weight is 368 g/mol. The number of hydrogen-bond acceptors (Lipinski definition) is 4. The van der Waals surface area contributed by atoms with Gasteiger partial charge < -0.3 is 15.2 Å². The molecule has 1 fully saturated rings. The summed E-state index contributed by atoms with van der Waals surface area (Å²) in [6, 6.07) is 1.28. The summed E-state index contributed by atoms with van der Waals surface area (Å²) in [6.07, 6.45) is 6.47. The minimum Gasteiger partial charge on any atom is -0.495 e. The van der Waals surface area contributed by atoms with E-state index in [1.54, 1.807) is 12.1 Å². The maximum Gasteiger partial charge on any atom is 0.270 e. The zero-order valence-electron chi connectivity index (χ0n) is 15.2. The summed E-state index contributed by atoms with van der Waals surface area (Å²) >= 11 is 0. The number of nitrogens with one attached hydrogen (secondary N) is 1. The van der Waals surface area contributed by atoms with Crippen LogP contribution in [-0.4, -0.2) is 41.7 Å². The number of methoxy groups -OCH3 is 1. The second-order valence-corrected chi connectivity index (χ2v) is 6.63. The molecule has 1 atom stereocenters. The first-order chi connectivity index (χ1) is 12.4. The highest BCUT2D eigenvalue weighted by Gasteiger charge is 2.33. The highest BCUT2D eigenvalue weighted by atomic mass is 19.3. The number of carbonyl (C=O) groups is 1. The van der Waals surface area contributed by atoms with Crippen LogP contribution in [0.5, 0.6) is 5.75 Å². The number of alkyl halides is 2. The number of rotatable bonds is 7. The zero-order valence-corrected chi connectivity index (χ0v) is 15.2. The minimum absolute atomic E-state index is 0.0867. The molecule has 0 bridgehead atoms. The van der Waals surface area contributed by atoms with Crippen LogP contribution in [0, 0.1) is 5.92 Å². The molecule has 1 aliphatic rings. The highest BCUT2D eigenvalue weighted by molar-refractivity contribution is 5.93. The monoisotopic (exact) mass is 368 g/mol. The van der Waals surface area contributed by atoms with Crippen LogP contribution in [0.3, 0.4) is 0 Å². The van der Waals surface area contributed by atoms with Crippen LogP contribution in [0.2, 0.25) is 0 Å². The van der Waals surface area contributed by atoms with E-state index in [-0.39, 0.29) is 43.0 Å². The van der Waals surface area contributed by atoms with Crippen molar-refractivity contribution in [3.8, 4) is 5.75 Å². The number of carbonyl (C=O) groups excluding carboxylic acids is 1. The van der Waals surface area contributed by atoms with Crippen molar-refractivity contribution >= 4 is 12.0 Å². The summed E-state index contributed by atoms with van der Waals surface area (Å²) in [5, 5.41) is 11.9. The number of aliphatic hydroxyl groups is 1. The van der Waals surface area contributed by atoms with Crippen molar-refractivity contribution in [2.75, 3.05) is 13.7 Å². The molecule has 2 N–H and O–H groups in total. The van der Waals surface area contributed by atoms with Crippen LogP contribution in [-0.2, 0) is 0 Å². The molecule has 144 valence electrons. The van der Waals surface area contributed by atoms with E-state index in [1.165, 1.54) is 13.3 Å². The van der Waals surface area contributed by atoms with Crippen LogP contribution in [0.15, 0.2) is 18.3 Å². The van der Waals surface area contributed by atoms with Crippen molar-refractivity contribution < 1.29 is 23.4 Å². The molecule has 0 aliphatic heterocycles. The molecule has 2 rings (SSSR count). The lowest BCUT2D eigenvalue weighted by Crippen LogP contribution is -2.37. The van der Waals surface area contributed by atoms with Gasteiger partial charge in [0.1, 0.15) is 11.4 Å². The molecule has 1 aromatic heterocycles. The van der Waals surface area contributed by atoms with E-state index < -0.39 is 5.92 Å². The summed E-state index contributed by atoms with van der Waals surface area (Å²) in [5.74, 6) is -2.33. The zero-order chi connectivity index (χ0) is 19.2. The van der Waals surface area contributed by atoms with Crippen molar-refractivity contribution in [3.05, 3.63) is 29.6 Å². The molecule has 0 aromatic carbocycles. The van der Waals surface area contributed by atoms with Gasteiger partial charge in [0.05, 0.1) is 26.0 Å². The predicted molar refractivity (Wildman–Crippen MR) is 95.4 cm³/mol. The van der Waals surface area contributed by atoms with E-state index >= 15 is 0 Å². The normalized spacial score (nSPS) is 18.7. The Morgan fingerprint density at radius 2 is 2.19 bits per heavy atom. The first-order valence-electron chi connectivity index (χ1n) is 8.90. The number of hydrogen-bond donors (Lipinski definition) is 2. The van der Waals surface area contributed by atoms with Gasteiger partial charge in [-0.15, -0.1) is 0 Å². The standard InChI is InChI=1S/C19H26F2N2O3/c1-3-15(12-24)23-18(25)16-10-14(17(26-2)11-22-16)5-4-13-6-8-19(20,21)9-7-13/h4-5,10-11,13,15,24H,3,6-9,12H2,1-2H3,(H,23,25)/b5-4+. The van der Waals surface area contributed by atoms with Crippen LogP contribution < -0.4 is 10.1 Å². The molecule has 0 saturated heterocycles. The van der Waals surface area contributed by atoms with E-state index in [1.807, 2.05) is 13.0 Å². The largest absolute Gasteiger partial charge is 0.495 e. The Labute approximate surface area is 152 Å². The molecule has 0 radical (unpaired) electrons. The molecule has 1 saturated carbocycles. The molecular formula is C19H26F2N2O3. The third kappa shape index (κ3) is 5.49. The van der Waals surface area contributed by atoms with Gasteiger partial charge in [0.25, 0.3) is 5.91 Å². The third-order valence-electron chi connectivity index (χ3n) is 4.71. The average Bonchev–Trinajstić information content (AvgIpc) is 2.64. The number of allylic oxidation sites excluding steroid dienone is 1. The first-order valence-corrected chi connectivity index (χ1v) is 8.90. The van der Waals surface area contributed by atoms with Gasteiger partial charge in [0.15, 0.2) is 0 Å². The fourth-order valence-electron chi connectivity index (χ4n) is 2.91. The van der Waals surface area contributed by atoms with Gasteiger partial charge in [-0.2, -0.15) is 0 Å². The Balaban J connectivity index is 2.11. The molecule has 1 heterocycles. The Morgan fingerprint density at radius 3 is 2.77 bits per heavy atom. The maximum absolute atomic E-state index is 13.2. The van der Waals surface area contributed by atoms with E-state index in [9.17, 15) is 18.7 Å². The molecule has 5 nitrogen and oxygen atoms in total. The lowest BCUT2D eigenvalue weighted by Gasteiger charge is -2.26. The van der Waals surface area contributed by atoms with Crippen LogP contribution in [0.1, 0.15) is 55.1 Å². The SMILES string of the molecule is CCC(CO)NC(=O)c1cc(/C=C/C2CCC(F)(F)CC2)c(OC)cn1. The Morgan fingerprint density at radius 1 is 1.50 bits per heavy atom. The molecule has 26 heavy (non-hydrogen) atoms. The fraction of sp³-hybridized carbons (Fsp3) is 0.579. The van der Waals surface area contributed by atoms with Crippen LogP contribution in [0.25, 0.3) is 6.08 Å². The van der Waals surface area contributed by atoms with Crippen molar-refractivity contribution in [2.45, 2.75) is 51.0 Å². The van der Waals surface area contributed by atoms with Gasteiger partial charge in [-0.3, -0.25) is 4.79 Å². The van der Waals surface area contributed by atoms with E-state index in [2.05, 4.69) is 10.3 Å². The molecule has 7 heteroatoms. The lowest BCUT2D eigenvalue weighted by molar-refractivity contribution is -0.0410. The van der Waals surface area contributed by atoms with Gasteiger partial charge in [-0.25, -0.2) is 13.8 Å². The Kier molecular flexibility index (Phi) is 7.08. The maximum atomic E-state index is 13.2. The fourth-order valence-corrected chi connectivity index (χ4v) is 2.91. The number of ether oxygens (including phenoxy) is 1. The summed E-state index contributed by atoms with van der Waals surface area (Å²) in [5.41, 5.74) is 0.884. The second kappa shape index (κ2) is 9.07. The van der Waals surface area contributed by atoms with E-state index in [4.69, 9.17) is 4.74 Å². The van der Waals surface area contributed by atoms with Crippen molar-refractivity contribution in [2.24, 2.45) is 5.92 Å². The molecule has 0 spiro atoms. The summed E-state index contributed by atoms with van der Waals surface area (Å²) < 4.78 is 31.8. The van der Waals surface area contributed by atoms with Gasteiger partial charge in [-0.05, 0) is 31.2 Å². The third-order valence-corrected chi connectivity index (χ3v) is 4.71. The first kappa shape index (κ1) is 20.3. The second-order valence-electron chi connectivity index (χ2n) is 6.63. The smallest absolute Gasteiger partial charge is 0.270 e. The molecule has 1 aliphatic carbocycles. The van der Waals surface area contributed by atoms with E-state index in [0.29, 0.717) is 30.6 Å². The van der Waals surface area contributed by atoms with Gasteiger partial charge in [0, 0.05) is 18.4 Å². The van der Waals surface area contributed by atoms with Crippen LogP contribution in [0.4, 0.5) is 8.78 Å². The van der Waals surface area contributed by atoms with E-state index in [0.717, 1.165) is 0 Å². The van der Waals surface area contributed by atoms with Gasteiger partial charge in [0.2, 0.25) is 5.92 Å². The topological polar surface area (TPSA) is 71.5 Å². The highest BCUT2D eigenvalue weighted by Crippen LogP contribution is 2.37. The predicted octanol–water partition coefficient (Wildman–Crippen LogP) is 3.43. The number of nitrogens with zero attached hydrogens (tertiary/aromatic N) is 1. The summed E-state index contributed by atoms with van der Waals surface area (Å²) in [7, 11) is 1.51. The Hall–Kier alpha value is -2.02. The number of aliphatic hydroxyl groups excluding tert-OH is 1. The van der Waals surface area contributed by atoms with Crippen LogP contribution >= 0.6 is 0 Å². The molecule has 1 aromatic rings. The van der Waals surface area contributed by atoms with Crippen molar-refractivity contribution in [1.82, 2.24) is 10.3 Å². The quantitative estimate of drug-likeness (QED) is 0.773. The number of pyridine rings is 1. The van der Waals surface area contributed by atoms with Gasteiger partial charge in [-0.1, -0.05) is 19.1 Å². The number of aromatic nitrogens is 1. The van der Waals surface area contributed by atoms with Gasteiger partial charge >= 0.3 is 0 Å². The summed E-state index contributed by atoms with van der Waals surface area (Å²) in [4.78, 5) is 16.4.